The zero-order chi connectivity index (χ0) is 14.9. The molecule has 21 heavy (non-hydrogen) atoms. The summed E-state index contributed by atoms with van der Waals surface area (Å²) in [4.78, 5) is 16.8. The van der Waals surface area contributed by atoms with Gasteiger partial charge < -0.3 is 5.32 Å². The van der Waals surface area contributed by atoms with Crippen molar-refractivity contribution < 1.29 is 9.18 Å². The van der Waals surface area contributed by atoms with Crippen LogP contribution in [0.25, 0.3) is 0 Å². The molecule has 1 aliphatic rings. The molecule has 1 fully saturated rings. The van der Waals surface area contributed by atoms with Crippen LogP contribution in [0.2, 0.25) is 0 Å². The first kappa shape index (κ1) is 13.7. The van der Waals surface area contributed by atoms with Gasteiger partial charge in [0.15, 0.2) is 0 Å². The van der Waals surface area contributed by atoms with Gasteiger partial charge in [-0.25, -0.2) is 4.39 Å². The first-order valence-electron chi connectivity index (χ1n) is 7.07. The van der Waals surface area contributed by atoms with Gasteiger partial charge in [-0.05, 0) is 49.6 Å². The van der Waals surface area contributed by atoms with Crippen LogP contribution < -0.4 is 5.32 Å². The monoisotopic (exact) mass is 284 g/mol. The normalized spacial score (nSPS) is 15.5. The molecular formula is C17H17FN2O. The number of hydrogen-bond acceptors (Lipinski definition) is 2. The van der Waals surface area contributed by atoms with E-state index in [-0.39, 0.29) is 11.7 Å². The third-order valence-electron chi connectivity index (χ3n) is 3.96. The van der Waals surface area contributed by atoms with Crippen molar-refractivity contribution in [3.05, 3.63) is 65.2 Å². The van der Waals surface area contributed by atoms with Gasteiger partial charge in [0.1, 0.15) is 5.82 Å². The molecule has 108 valence electrons. The van der Waals surface area contributed by atoms with Gasteiger partial charge in [0, 0.05) is 5.69 Å². The number of carbonyl (C=O) groups excluding carboxylic acids is 1. The smallest absolute Gasteiger partial charge is 0.230 e. The van der Waals surface area contributed by atoms with E-state index in [9.17, 15) is 9.18 Å². The number of benzene rings is 1. The molecule has 0 radical (unpaired) electrons. The lowest BCUT2D eigenvalue weighted by Gasteiger charge is -2.15. The third-order valence-corrected chi connectivity index (χ3v) is 3.96. The molecule has 1 heterocycles. The van der Waals surface area contributed by atoms with E-state index in [1.807, 2.05) is 25.1 Å². The minimum Gasteiger partial charge on any atom is -0.350 e. The summed E-state index contributed by atoms with van der Waals surface area (Å²) in [6.45, 7) is 2.34. The van der Waals surface area contributed by atoms with Crippen molar-refractivity contribution in [2.75, 3.05) is 0 Å². The number of rotatable bonds is 4. The third kappa shape index (κ3) is 2.79. The number of pyridine rings is 1. The SMILES string of the molecule is Cc1cccc(CNC(=O)C2(c3ccc(F)cc3)CC2)n1. The summed E-state index contributed by atoms with van der Waals surface area (Å²) in [5, 5.41) is 2.95. The molecular weight excluding hydrogens is 267 g/mol. The molecule has 4 heteroatoms. The van der Waals surface area contributed by atoms with E-state index in [4.69, 9.17) is 0 Å². The molecule has 2 aromatic rings. The number of aromatic nitrogens is 1. The lowest BCUT2D eigenvalue weighted by Crippen LogP contribution is -2.34. The molecule has 0 unspecified atom stereocenters. The highest BCUT2D eigenvalue weighted by molar-refractivity contribution is 5.91. The molecule has 0 aliphatic heterocycles. The number of nitrogens with one attached hydrogen (secondary N) is 1. The van der Waals surface area contributed by atoms with E-state index in [0.29, 0.717) is 6.54 Å². The maximum absolute atomic E-state index is 13.0. The van der Waals surface area contributed by atoms with Gasteiger partial charge in [-0.15, -0.1) is 0 Å². The summed E-state index contributed by atoms with van der Waals surface area (Å²) < 4.78 is 13.0. The van der Waals surface area contributed by atoms with E-state index in [1.54, 1.807) is 12.1 Å². The largest absolute Gasteiger partial charge is 0.350 e. The number of carbonyl (C=O) groups is 1. The van der Waals surface area contributed by atoms with Gasteiger partial charge in [-0.3, -0.25) is 9.78 Å². The second kappa shape index (κ2) is 5.28. The van der Waals surface area contributed by atoms with Gasteiger partial charge in [-0.2, -0.15) is 0 Å². The Bertz CT molecular complexity index is 663. The van der Waals surface area contributed by atoms with Gasteiger partial charge in [0.05, 0.1) is 17.7 Å². The fraction of sp³-hybridized carbons (Fsp3) is 0.294. The summed E-state index contributed by atoms with van der Waals surface area (Å²) in [6.07, 6.45) is 1.62. The number of amides is 1. The second-order valence-corrected chi connectivity index (χ2v) is 5.54. The Morgan fingerprint density at radius 3 is 2.57 bits per heavy atom. The van der Waals surface area contributed by atoms with Crippen molar-refractivity contribution in [2.45, 2.75) is 31.7 Å². The molecule has 1 saturated carbocycles. The van der Waals surface area contributed by atoms with Crippen LogP contribution in [-0.2, 0) is 16.8 Å². The molecule has 0 atom stereocenters. The number of halogens is 1. The van der Waals surface area contributed by atoms with Crippen molar-refractivity contribution >= 4 is 5.91 Å². The first-order valence-corrected chi connectivity index (χ1v) is 7.07. The lowest BCUT2D eigenvalue weighted by atomic mass is 9.95. The zero-order valence-electron chi connectivity index (χ0n) is 11.9. The van der Waals surface area contributed by atoms with Gasteiger partial charge >= 0.3 is 0 Å². The van der Waals surface area contributed by atoms with Crippen molar-refractivity contribution in [2.24, 2.45) is 0 Å². The topological polar surface area (TPSA) is 42.0 Å². The highest BCUT2D eigenvalue weighted by Crippen LogP contribution is 2.48. The van der Waals surface area contributed by atoms with Crippen LogP contribution in [0.4, 0.5) is 4.39 Å². The van der Waals surface area contributed by atoms with E-state index in [0.717, 1.165) is 29.8 Å². The average Bonchev–Trinajstić information content (AvgIpc) is 3.27. The maximum Gasteiger partial charge on any atom is 0.230 e. The Kier molecular flexibility index (Phi) is 3.45. The Morgan fingerprint density at radius 2 is 1.95 bits per heavy atom. The molecule has 1 aromatic heterocycles. The molecule has 0 spiro atoms. The maximum atomic E-state index is 13.0. The summed E-state index contributed by atoms with van der Waals surface area (Å²) >= 11 is 0. The average molecular weight is 284 g/mol. The Morgan fingerprint density at radius 1 is 1.24 bits per heavy atom. The van der Waals surface area contributed by atoms with Gasteiger partial charge in [0.25, 0.3) is 0 Å². The van der Waals surface area contributed by atoms with Crippen LogP contribution in [0.1, 0.15) is 29.8 Å². The predicted octanol–water partition coefficient (Wildman–Crippen LogP) is 2.88. The van der Waals surface area contributed by atoms with Crippen LogP contribution in [0.15, 0.2) is 42.5 Å². The van der Waals surface area contributed by atoms with Crippen molar-refractivity contribution in [3.8, 4) is 0 Å². The molecule has 1 aromatic carbocycles. The Labute approximate surface area is 123 Å². The summed E-state index contributed by atoms with van der Waals surface area (Å²) in [6, 6.07) is 12.0. The molecule has 1 aliphatic carbocycles. The minimum atomic E-state index is -0.475. The van der Waals surface area contributed by atoms with Crippen molar-refractivity contribution in [3.63, 3.8) is 0 Å². The molecule has 0 bridgehead atoms. The first-order chi connectivity index (χ1) is 10.1. The van der Waals surface area contributed by atoms with Gasteiger partial charge in [-0.1, -0.05) is 18.2 Å². The minimum absolute atomic E-state index is 0.00239. The molecule has 3 nitrogen and oxygen atoms in total. The number of hydrogen-bond donors (Lipinski definition) is 1. The summed E-state index contributed by atoms with van der Waals surface area (Å²) in [7, 11) is 0. The Hall–Kier alpha value is -2.23. The van der Waals surface area contributed by atoms with E-state index < -0.39 is 5.41 Å². The number of nitrogens with zero attached hydrogens (tertiary/aromatic N) is 1. The highest BCUT2D eigenvalue weighted by atomic mass is 19.1. The summed E-state index contributed by atoms with van der Waals surface area (Å²) in [5.74, 6) is -0.281. The highest BCUT2D eigenvalue weighted by Gasteiger charge is 2.51. The predicted molar refractivity (Wildman–Crippen MR) is 78.1 cm³/mol. The van der Waals surface area contributed by atoms with E-state index >= 15 is 0 Å². The van der Waals surface area contributed by atoms with Crippen molar-refractivity contribution in [1.82, 2.24) is 10.3 Å². The second-order valence-electron chi connectivity index (χ2n) is 5.54. The lowest BCUT2D eigenvalue weighted by molar-refractivity contribution is -0.123. The molecule has 1 N–H and O–H groups in total. The number of aryl methyl sites for hydroxylation is 1. The van der Waals surface area contributed by atoms with Crippen LogP contribution in [0.5, 0.6) is 0 Å². The van der Waals surface area contributed by atoms with Crippen LogP contribution in [0, 0.1) is 12.7 Å². The summed E-state index contributed by atoms with van der Waals surface area (Å²) in [5.41, 5.74) is 2.19. The van der Waals surface area contributed by atoms with Crippen LogP contribution >= 0.6 is 0 Å². The molecule has 0 saturated heterocycles. The molecule has 3 rings (SSSR count). The quantitative estimate of drug-likeness (QED) is 0.938. The Balaban J connectivity index is 1.69. The fourth-order valence-corrected chi connectivity index (χ4v) is 2.58. The zero-order valence-corrected chi connectivity index (χ0v) is 11.9. The van der Waals surface area contributed by atoms with Crippen LogP contribution in [0.3, 0.4) is 0 Å². The standard InChI is InChI=1S/C17H17FN2O/c1-12-3-2-4-15(20-12)11-19-16(21)17(9-10-17)13-5-7-14(18)8-6-13/h2-8H,9-11H2,1H3,(H,19,21). The van der Waals surface area contributed by atoms with Crippen LogP contribution in [-0.4, -0.2) is 10.9 Å². The molecule has 1 amide bonds. The van der Waals surface area contributed by atoms with Gasteiger partial charge in [0.2, 0.25) is 5.91 Å². The van der Waals surface area contributed by atoms with E-state index in [2.05, 4.69) is 10.3 Å². The van der Waals surface area contributed by atoms with E-state index in [1.165, 1.54) is 12.1 Å². The fourth-order valence-electron chi connectivity index (χ4n) is 2.58. The van der Waals surface area contributed by atoms with Crippen molar-refractivity contribution in [1.29, 1.82) is 0 Å².